The Morgan fingerprint density at radius 1 is 1.88 bits per heavy atom. The van der Waals surface area contributed by atoms with Gasteiger partial charge in [-0.1, -0.05) is 0 Å². The molecule has 0 atom stereocenters. The number of H-pyrrole nitrogens is 1. The topological polar surface area (TPSA) is 37.9 Å². The predicted molar refractivity (Wildman–Crippen MR) is 25.1 cm³/mol. The summed E-state index contributed by atoms with van der Waals surface area (Å²) in [4.78, 5) is 0. The molecule has 0 spiro atoms. The van der Waals surface area contributed by atoms with Crippen LogP contribution in [0.4, 0.5) is 4.39 Å². The van der Waals surface area contributed by atoms with Crippen molar-refractivity contribution in [2.45, 2.75) is 0 Å². The maximum Gasteiger partial charge on any atom is 0.235 e. The Balaban J connectivity index is 2.84. The Labute approximate surface area is 45.5 Å². The lowest BCUT2D eigenvalue weighted by molar-refractivity contribution is 0.397. The molecule has 0 bridgehead atoms. The van der Waals surface area contributed by atoms with E-state index in [1.807, 2.05) is 0 Å². The smallest absolute Gasteiger partial charge is 0.235 e. The summed E-state index contributed by atoms with van der Waals surface area (Å²) in [7, 11) is 1.43. The highest BCUT2D eigenvalue weighted by atomic mass is 19.1. The largest absolute Gasteiger partial charge is 0.480 e. The molecule has 0 radical (unpaired) electrons. The number of hydrogen-bond acceptors (Lipinski definition) is 2. The van der Waals surface area contributed by atoms with Crippen LogP contribution in [0.5, 0.6) is 5.88 Å². The minimum Gasteiger partial charge on any atom is -0.480 e. The number of ether oxygens (including phenoxy) is 1. The van der Waals surface area contributed by atoms with Gasteiger partial charge in [-0.25, -0.2) is 5.10 Å². The standard InChI is InChI=1S/C4H5FN2O/c1-8-4-2-3(5)6-7-4/h2H,1H3,(H,6,7). The van der Waals surface area contributed by atoms with E-state index in [1.54, 1.807) is 0 Å². The van der Waals surface area contributed by atoms with E-state index in [2.05, 4.69) is 14.9 Å². The Hall–Kier alpha value is -1.06. The second-order valence-electron chi connectivity index (χ2n) is 1.26. The minimum absolute atomic E-state index is 0.266. The lowest BCUT2D eigenvalue weighted by Gasteiger charge is -1.84. The second kappa shape index (κ2) is 1.81. The fourth-order valence-electron chi connectivity index (χ4n) is 0.386. The summed E-state index contributed by atoms with van der Waals surface area (Å²) in [6.07, 6.45) is 0. The number of aromatic nitrogens is 2. The van der Waals surface area contributed by atoms with Crippen molar-refractivity contribution in [2.24, 2.45) is 0 Å². The number of nitrogens with one attached hydrogen (secondary N) is 1. The van der Waals surface area contributed by atoms with E-state index in [0.29, 0.717) is 0 Å². The third-order valence-electron chi connectivity index (χ3n) is 0.732. The van der Waals surface area contributed by atoms with E-state index < -0.39 is 5.95 Å². The molecule has 3 nitrogen and oxygen atoms in total. The van der Waals surface area contributed by atoms with Gasteiger partial charge in [0.25, 0.3) is 0 Å². The van der Waals surface area contributed by atoms with Crippen LogP contribution in [0.2, 0.25) is 0 Å². The zero-order valence-electron chi connectivity index (χ0n) is 4.31. The van der Waals surface area contributed by atoms with Gasteiger partial charge in [0.05, 0.1) is 13.2 Å². The molecule has 0 unspecified atom stereocenters. The SMILES string of the molecule is COc1cc(F)[nH]n1. The summed E-state index contributed by atoms with van der Waals surface area (Å²) in [6.45, 7) is 0. The van der Waals surface area contributed by atoms with Crippen LogP contribution in [0.1, 0.15) is 0 Å². The van der Waals surface area contributed by atoms with Gasteiger partial charge in [0.1, 0.15) is 0 Å². The lowest BCUT2D eigenvalue weighted by atomic mass is 10.7. The molecule has 0 aliphatic heterocycles. The molecule has 44 valence electrons. The Bertz CT molecular complexity index is 174. The van der Waals surface area contributed by atoms with Crippen LogP contribution < -0.4 is 4.74 Å². The first-order chi connectivity index (χ1) is 3.83. The van der Waals surface area contributed by atoms with Crippen molar-refractivity contribution in [3.8, 4) is 5.88 Å². The molecule has 0 amide bonds. The van der Waals surface area contributed by atoms with Crippen LogP contribution in [-0.4, -0.2) is 17.3 Å². The molecular formula is C4H5FN2O. The van der Waals surface area contributed by atoms with Crippen LogP contribution in [-0.2, 0) is 0 Å². The first kappa shape index (κ1) is 5.08. The number of aromatic amines is 1. The van der Waals surface area contributed by atoms with Crippen molar-refractivity contribution in [2.75, 3.05) is 7.11 Å². The quantitative estimate of drug-likeness (QED) is 0.582. The summed E-state index contributed by atoms with van der Waals surface area (Å²) in [5.74, 6) is -0.218. The lowest BCUT2D eigenvalue weighted by Crippen LogP contribution is -1.79. The van der Waals surface area contributed by atoms with Crippen LogP contribution in [0, 0.1) is 5.95 Å². The third kappa shape index (κ3) is 0.776. The molecule has 0 saturated carbocycles. The van der Waals surface area contributed by atoms with Crippen molar-refractivity contribution in [3.63, 3.8) is 0 Å². The number of rotatable bonds is 1. The summed E-state index contributed by atoms with van der Waals surface area (Å²) in [5, 5.41) is 5.49. The van der Waals surface area contributed by atoms with Crippen LogP contribution >= 0.6 is 0 Å². The van der Waals surface area contributed by atoms with Crippen molar-refractivity contribution >= 4 is 0 Å². The molecule has 1 aromatic heterocycles. The van der Waals surface area contributed by atoms with E-state index in [0.717, 1.165) is 0 Å². The molecular weight excluding hydrogens is 111 g/mol. The van der Waals surface area contributed by atoms with Crippen LogP contribution in [0.3, 0.4) is 0 Å². The minimum atomic E-state index is -0.484. The highest BCUT2D eigenvalue weighted by Crippen LogP contribution is 2.03. The van der Waals surface area contributed by atoms with E-state index in [9.17, 15) is 4.39 Å². The first-order valence-electron chi connectivity index (χ1n) is 2.08. The molecule has 1 N–H and O–H groups in total. The summed E-state index contributed by atoms with van der Waals surface area (Å²) >= 11 is 0. The predicted octanol–water partition coefficient (Wildman–Crippen LogP) is 0.557. The van der Waals surface area contributed by atoms with Gasteiger partial charge in [-0.2, -0.15) is 4.39 Å². The average Bonchev–Trinajstić information content (AvgIpc) is 2.14. The fourth-order valence-corrected chi connectivity index (χ4v) is 0.386. The van der Waals surface area contributed by atoms with Crippen molar-refractivity contribution in [1.82, 2.24) is 10.2 Å². The average molecular weight is 116 g/mol. The molecule has 1 aromatic rings. The Morgan fingerprint density at radius 3 is 2.88 bits per heavy atom. The maximum absolute atomic E-state index is 11.9. The summed E-state index contributed by atoms with van der Waals surface area (Å²) in [5.41, 5.74) is 0. The van der Waals surface area contributed by atoms with Crippen LogP contribution in [0.25, 0.3) is 0 Å². The third-order valence-corrected chi connectivity index (χ3v) is 0.732. The molecule has 0 aliphatic rings. The molecule has 1 rings (SSSR count). The molecule has 4 heteroatoms. The normalized spacial score (nSPS) is 9.25. The molecule has 0 aromatic carbocycles. The fraction of sp³-hybridized carbons (Fsp3) is 0.250. The van der Waals surface area contributed by atoms with Crippen molar-refractivity contribution in [3.05, 3.63) is 12.0 Å². The molecule has 0 saturated heterocycles. The van der Waals surface area contributed by atoms with E-state index in [4.69, 9.17) is 0 Å². The van der Waals surface area contributed by atoms with E-state index in [1.165, 1.54) is 13.2 Å². The molecule has 0 aliphatic carbocycles. The Kier molecular flexibility index (Phi) is 1.15. The Morgan fingerprint density at radius 2 is 2.62 bits per heavy atom. The zero-order valence-corrected chi connectivity index (χ0v) is 4.31. The number of hydrogen-bond donors (Lipinski definition) is 1. The monoisotopic (exact) mass is 116 g/mol. The maximum atomic E-state index is 11.9. The highest BCUT2D eigenvalue weighted by Gasteiger charge is 1.94. The number of halogens is 1. The second-order valence-corrected chi connectivity index (χ2v) is 1.26. The van der Waals surface area contributed by atoms with Gasteiger partial charge in [0.15, 0.2) is 0 Å². The van der Waals surface area contributed by atoms with Gasteiger partial charge in [-0.3, -0.25) is 0 Å². The number of nitrogens with zero attached hydrogens (tertiary/aromatic N) is 1. The van der Waals surface area contributed by atoms with Gasteiger partial charge in [0, 0.05) is 0 Å². The molecule has 0 fully saturated rings. The number of methoxy groups -OCH3 is 1. The van der Waals surface area contributed by atoms with Crippen LogP contribution in [0.15, 0.2) is 6.07 Å². The van der Waals surface area contributed by atoms with Gasteiger partial charge < -0.3 is 4.74 Å². The molecule has 1 heterocycles. The van der Waals surface area contributed by atoms with Gasteiger partial charge in [0.2, 0.25) is 11.8 Å². The van der Waals surface area contributed by atoms with Crippen molar-refractivity contribution < 1.29 is 9.13 Å². The zero-order chi connectivity index (χ0) is 5.98. The highest BCUT2D eigenvalue weighted by molar-refractivity contribution is 5.05. The van der Waals surface area contributed by atoms with Gasteiger partial charge in [-0.05, 0) is 0 Å². The van der Waals surface area contributed by atoms with Crippen molar-refractivity contribution in [1.29, 1.82) is 0 Å². The first-order valence-corrected chi connectivity index (χ1v) is 2.08. The van der Waals surface area contributed by atoms with E-state index >= 15 is 0 Å². The summed E-state index contributed by atoms with van der Waals surface area (Å²) < 4.78 is 16.5. The van der Waals surface area contributed by atoms with Gasteiger partial charge in [-0.15, -0.1) is 5.10 Å². The summed E-state index contributed by atoms with van der Waals surface area (Å²) in [6, 6.07) is 1.17. The van der Waals surface area contributed by atoms with E-state index in [-0.39, 0.29) is 5.88 Å². The van der Waals surface area contributed by atoms with Gasteiger partial charge >= 0.3 is 0 Å². The molecule has 8 heavy (non-hydrogen) atoms.